The summed E-state index contributed by atoms with van der Waals surface area (Å²) < 4.78 is 12.5. The number of hydrogen-bond acceptors (Lipinski definition) is 6. The molecular formula is C24H30N4O3S. The summed E-state index contributed by atoms with van der Waals surface area (Å²) >= 11 is 1.36. The van der Waals surface area contributed by atoms with Gasteiger partial charge in [-0.1, -0.05) is 56.8 Å². The molecule has 2 aromatic carbocycles. The van der Waals surface area contributed by atoms with E-state index in [2.05, 4.69) is 60.6 Å². The number of thioether (sulfide) groups is 1. The number of carbonyl (C=O) groups is 1. The number of nitrogens with zero attached hydrogens (tertiary/aromatic N) is 3. The van der Waals surface area contributed by atoms with Crippen molar-refractivity contribution in [2.75, 3.05) is 25.3 Å². The normalized spacial score (nSPS) is 11.3. The molecule has 1 amide bonds. The first-order chi connectivity index (χ1) is 15.2. The first-order valence-corrected chi connectivity index (χ1v) is 11.4. The first kappa shape index (κ1) is 23.7. The van der Waals surface area contributed by atoms with Crippen molar-refractivity contribution in [1.82, 2.24) is 14.8 Å². The van der Waals surface area contributed by atoms with Crippen LogP contribution in [0.4, 0.5) is 5.69 Å². The van der Waals surface area contributed by atoms with Crippen molar-refractivity contribution in [3.05, 3.63) is 48.0 Å². The standard InChI is InChI=1S/C24H30N4O3S/c1-7-28-22(16-8-10-17(11-9-16)24(2,3)4)26-27-23(28)32-15-21(29)25-18-12-19(30-5)14-20(13-18)31-6/h8-14H,7,15H2,1-6H3,(H,25,29). The molecular weight excluding hydrogens is 424 g/mol. The predicted octanol–water partition coefficient (Wildman–Crippen LogP) is 5.01. The molecule has 170 valence electrons. The third kappa shape index (κ3) is 5.62. The molecule has 3 aromatic rings. The van der Waals surface area contributed by atoms with E-state index in [1.807, 2.05) is 11.5 Å². The second kappa shape index (κ2) is 10.1. The highest BCUT2D eigenvalue weighted by Crippen LogP contribution is 2.29. The summed E-state index contributed by atoms with van der Waals surface area (Å²) in [5.74, 6) is 2.08. The molecule has 0 bridgehead atoms. The van der Waals surface area contributed by atoms with Crippen LogP contribution in [0.5, 0.6) is 11.5 Å². The average Bonchev–Trinajstić information content (AvgIpc) is 3.19. The molecule has 0 saturated carbocycles. The van der Waals surface area contributed by atoms with Gasteiger partial charge in [-0.05, 0) is 17.9 Å². The Morgan fingerprint density at radius 3 is 2.19 bits per heavy atom. The maximum atomic E-state index is 12.5. The summed E-state index contributed by atoms with van der Waals surface area (Å²) in [6.45, 7) is 9.33. The van der Waals surface area contributed by atoms with E-state index in [1.54, 1.807) is 32.4 Å². The van der Waals surface area contributed by atoms with Crippen LogP contribution < -0.4 is 14.8 Å². The zero-order valence-corrected chi connectivity index (χ0v) is 20.2. The van der Waals surface area contributed by atoms with Gasteiger partial charge < -0.3 is 19.4 Å². The number of rotatable bonds is 8. The third-order valence-corrected chi connectivity index (χ3v) is 5.98. The highest BCUT2D eigenvalue weighted by atomic mass is 32.2. The van der Waals surface area contributed by atoms with E-state index in [0.717, 1.165) is 11.4 Å². The SMILES string of the molecule is CCn1c(SCC(=O)Nc2cc(OC)cc(OC)c2)nnc1-c1ccc(C(C)(C)C)cc1. The Hall–Kier alpha value is -3.00. The fraction of sp³-hybridized carbons (Fsp3) is 0.375. The summed E-state index contributed by atoms with van der Waals surface area (Å²) in [4.78, 5) is 12.5. The lowest BCUT2D eigenvalue weighted by atomic mass is 9.87. The number of nitrogens with one attached hydrogen (secondary N) is 1. The van der Waals surface area contributed by atoms with Gasteiger partial charge in [0.05, 0.1) is 20.0 Å². The van der Waals surface area contributed by atoms with Crippen molar-refractivity contribution in [3.63, 3.8) is 0 Å². The lowest BCUT2D eigenvalue weighted by Gasteiger charge is -2.19. The Balaban J connectivity index is 1.70. The molecule has 0 radical (unpaired) electrons. The molecule has 3 rings (SSSR count). The quantitative estimate of drug-likeness (QED) is 0.482. The molecule has 0 fully saturated rings. The summed E-state index contributed by atoms with van der Waals surface area (Å²) in [7, 11) is 3.14. The van der Waals surface area contributed by atoms with Crippen molar-refractivity contribution in [2.24, 2.45) is 0 Å². The van der Waals surface area contributed by atoms with Gasteiger partial charge in [-0.15, -0.1) is 10.2 Å². The van der Waals surface area contributed by atoms with Crippen molar-refractivity contribution in [1.29, 1.82) is 0 Å². The van der Waals surface area contributed by atoms with Gasteiger partial charge in [0.15, 0.2) is 11.0 Å². The third-order valence-electron chi connectivity index (χ3n) is 5.01. The van der Waals surface area contributed by atoms with E-state index in [9.17, 15) is 4.79 Å². The Bertz CT molecular complexity index is 1050. The molecule has 1 heterocycles. The van der Waals surface area contributed by atoms with Gasteiger partial charge in [-0.2, -0.15) is 0 Å². The predicted molar refractivity (Wildman–Crippen MR) is 129 cm³/mol. The van der Waals surface area contributed by atoms with Crippen molar-refractivity contribution in [3.8, 4) is 22.9 Å². The largest absolute Gasteiger partial charge is 0.497 e. The van der Waals surface area contributed by atoms with E-state index in [0.29, 0.717) is 28.9 Å². The van der Waals surface area contributed by atoms with E-state index in [1.165, 1.54) is 17.3 Å². The maximum Gasteiger partial charge on any atom is 0.234 e. The molecule has 0 aliphatic rings. The van der Waals surface area contributed by atoms with Crippen molar-refractivity contribution in [2.45, 2.75) is 44.8 Å². The lowest BCUT2D eigenvalue weighted by Crippen LogP contribution is -2.15. The number of anilines is 1. The van der Waals surface area contributed by atoms with Gasteiger partial charge in [0, 0.05) is 36.0 Å². The van der Waals surface area contributed by atoms with E-state index < -0.39 is 0 Å². The number of aromatic nitrogens is 3. The summed E-state index contributed by atoms with van der Waals surface area (Å²) in [5.41, 5.74) is 2.98. The minimum absolute atomic E-state index is 0.0954. The highest BCUT2D eigenvalue weighted by Gasteiger charge is 2.17. The minimum Gasteiger partial charge on any atom is -0.497 e. The van der Waals surface area contributed by atoms with Gasteiger partial charge in [0.1, 0.15) is 11.5 Å². The number of carbonyl (C=O) groups excluding carboxylic acids is 1. The van der Waals surface area contributed by atoms with E-state index >= 15 is 0 Å². The van der Waals surface area contributed by atoms with Gasteiger partial charge >= 0.3 is 0 Å². The fourth-order valence-electron chi connectivity index (χ4n) is 3.22. The second-order valence-electron chi connectivity index (χ2n) is 8.32. The number of methoxy groups -OCH3 is 2. The van der Waals surface area contributed by atoms with Crippen LogP contribution >= 0.6 is 11.8 Å². The van der Waals surface area contributed by atoms with Crippen LogP contribution in [0.3, 0.4) is 0 Å². The molecule has 0 aliphatic heterocycles. The van der Waals surface area contributed by atoms with Crippen LogP contribution in [0.25, 0.3) is 11.4 Å². The molecule has 0 atom stereocenters. The monoisotopic (exact) mass is 454 g/mol. The molecule has 0 unspecified atom stereocenters. The Morgan fingerprint density at radius 1 is 1.03 bits per heavy atom. The van der Waals surface area contributed by atoms with Crippen molar-refractivity contribution >= 4 is 23.4 Å². The van der Waals surface area contributed by atoms with E-state index in [-0.39, 0.29) is 17.1 Å². The molecule has 8 heteroatoms. The van der Waals surface area contributed by atoms with Gasteiger partial charge in [0.2, 0.25) is 5.91 Å². The number of ether oxygens (including phenoxy) is 2. The zero-order chi connectivity index (χ0) is 23.3. The Kier molecular flexibility index (Phi) is 7.45. The van der Waals surface area contributed by atoms with Gasteiger partial charge in [0.25, 0.3) is 0 Å². The van der Waals surface area contributed by atoms with Gasteiger partial charge in [-0.3, -0.25) is 4.79 Å². The molecule has 7 nitrogen and oxygen atoms in total. The minimum atomic E-state index is -0.146. The number of benzene rings is 2. The Morgan fingerprint density at radius 2 is 1.66 bits per heavy atom. The smallest absolute Gasteiger partial charge is 0.234 e. The van der Waals surface area contributed by atoms with Crippen LogP contribution in [0, 0.1) is 0 Å². The molecule has 1 aromatic heterocycles. The Labute approximate surface area is 193 Å². The first-order valence-electron chi connectivity index (χ1n) is 10.4. The van der Waals surface area contributed by atoms with Crippen LogP contribution in [0.2, 0.25) is 0 Å². The van der Waals surface area contributed by atoms with Crippen LogP contribution in [0.1, 0.15) is 33.3 Å². The summed E-state index contributed by atoms with van der Waals surface area (Å²) in [6.07, 6.45) is 0. The molecule has 0 saturated heterocycles. The van der Waals surface area contributed by atoms with Crippen LogP contribution in [-0.2, 0) is 16.8 Å². The van der Waals surface area contributed by atoms with Crippen molar-refractivity contribution < 1.29 is 14.3 Å². The molecule has 32 heavy (non-hydrogen) atoms. The van der Waals surface area contributed by atoms with Crippen LogP contribution in [-0.4, -0.2) is 40.6 Å². The fourth-order valence-corrected chi connectivity index (χ4v) is 4.02. The second-order valence-corrected chi connectivity index (χ2v) is 9.26. The number of hydrogen-bond donors (Lipinski definition) is 1. The summed E-state index contributed by atoms with van der Waals surface area (Å²) in [5, 5.41) is 12.3. The number of amides is 1. The zero-order valence-electron chi connectivity index (χ0n) is 19.4. The molecule has 1 N–H and O–H groups in total. The molecule has 0 spiro atoms. The highest BCUT2D eigenvalue weighted by molar-refractivity contribution is 7.99. The molecule has 0 aliphatic carbocycles. The van der Waals surface area contributed by atoms with E-state index in [4.69, 9.17) is 9.47 Å². The maximum absolute atomic E-state index is 12.5. The average molecular weight is 455 g/mol. The topological polar surface area (TPSA) is 78.3 Å². The summed E-state index contributed by atoms with van der Waals surface area (Å²) in [6, 6.07) is 13.7. The lowest BCUT2D eigenvalue weighted by molar-refractivity contribution is -0.113. The van der Waals surface area contributed by atoms with Crippen LogP contribution in [0.15, 0.2) is 47.6 Å². The van der Waals surface area contributed by atoms with Gasteiger partial charge in [-0.25, -0.2) is 0 Å².